The molecule has 144 valence electrons. The Morgan fingerprint density at radius 3 is 2.23 bits per heavy atom. The Kier molecular flexibility index (Phi) is 6.79. The molecule has 2 unspecified atom stereocenters. The van der Waals surface area contributed by atoms with Crippen LogP contribution in [0.15, 0.2) is 12.1 Å². The number of hydrogen-bond acceptors (Lipinski definition) is 2. The summed E-state index contributed by atoms with van der Waals surface area (Å²) in [5.41, 5.74) is 0. The summed E-state index contributed by atoms with van der Waals surface area (Å²) in [5, 5.41) is 2.98. The van der Waals surface area contributed by atoms with E-state index in [1.165, 1.54) is 30.9 Å². The van der Waals surface area contributed by atoms with Gasteiger partial charge >= 0.3 is 177 Å². The normalized spacial score (nSPS) is 20.3. The number of aryl methyl sites for hydroxylation is 1. The van der Waals surface area contributed by atoms with Gasteiger partial charge in [0, 0.05) is 0 Å². The first-order chi connectivity index (χ1) is 12.3. The molecule has 0 nitrogen and oxygen atoms in total. The molecule has 2 aromatic rings. The number of hydrogen-bond donors (Lipinski definition) is 0. The van der Waals surface area contributed by atoms with Crippen LogP contribution in [0.1, 0.15) is 51.3 Å². The van der Waals surface area contributed by atoms with E-state index in [4.69, 9.17) is 0 Å². The van der Waals surface area contributed by atoms with Gasteiger partial charge in [-0.05, 0) is 0 Å². The molecule has 0 fully saturated rings. The maximum atomic E-state index is 2.76. The number of fused-ring (bicyclic) bond motifs is 3. The van der Waals surface area contributed by atoms with Crippen LogP contribution < -0.4 is 11.7 Å². The first kappa shape index (κ1) is 21.5. The molecule has 1 aliphatic rings. The van der Waals surface area contributed by atoms with Crippen molar-refractivity contribution >= 4 is 66.0 Å². The molecule has 3 rings (SSSR count). The van der Waals surface area contributed by atoms with E-state index < -0.39 is 31.6 Å². The van der Waals surface area contributed by atoms with Crippen molar-refractivity contribution in [3.05, 3.63) is 17.0 Å². The van der Waals surface area contributed by atoms with E-state index in [1.54, 1.807) is 19.9 Å². The summed E-state index contributed by atoms with van der Waals surface area (Å²) >= 11 is 0.0848. The molecule has 0 amide bonds. The predicted molar refractivity (Wildman–Crippen MR) is 129 cm³/mol. The van der Waals surface area contributed by atoms with Crippen LogP contribution in [0.3, 0.4) is 0 Å². The molecule has 0 spiro atoms. The molecule has 26 heavy (non-hydrogen) atoms. The molecule has 2 aromatic heterocycles. The quantitative estimate of drug-likeness (QED) is 0.329. The third-order valence-electron chi connectivity index (χ3n) is 6.35. The van der Waals surface area contributed by atoms with Gasteiger partial charge in [-0.3, -0.25) is 0 Å². The Morgan fingerprint density at radius 1 is 1.00 bits per heavy atom. The van der Waals surface area contributed by atoms with E-state index in [1.807, 2.05) is 11.7 Å². The molecule has 2 atom stereocenters. The maximum absolute atomic E-state index is 2.76. The van der Waals surface area contributed by atoms with Gasteiger partial charge in [0.15, 0.2) is 0 Å². The van der Waals surface area contributed by atoms with Crippen LogP contribution in [0.25, 0.3) is 9.75 Å². The predicted octanol–water partition coefficient (Wildman–Crippen LogP) is 6.44. The van der Waals surface area contributed by atoms with Gasteiger partial charge in [-0.15, -0.1) is 0 Å². The van der Waals surface area contributed by atoms with Crippen LogP contribution in [0.5, 0.6) is 0 Å². The summed E-state index contributed by atoms with van der Waals surface area (Å²) in [6, 6.07) is 5.37. The zero-order chi connectivity index (χ0) is 19.1. The molecule has 0 N–H and O–H groups in total. The van der Waals surface area contributed by atoms with Gasteiger partial charge in [-0.2, -0.15) is 0 Å². The summed E-state index contributed by atoms with van der Waals surface area (Å²) in [6.07, 6.45) is 5.58. The van der Waals surface area contributed by atoms with Crippen LogP contribution in [0, 0.1) is 12.8 Å². The molecular formula is C22H36GeS2Sn. The summed E-state index contributed by atoms with van der Waals surface area (Å²) in [6.45, 7) is 9.64. The first-order valence-corrected chi connectivity index (χ1v) is 27.2. The van der Waals surface area contributed by atoms with Gasteiger partial charge in [0.2, 0.25) is 0 Å². The standard InChI is InChI=1S/C19H27GeS2.3CH3.Sn/c1-5-8-9-15(6-2)13-20(7-3)16-10-11-21-18(16)19-17(20)12-14(4)22-19;;;;/h10,12,15H,5-9,13H2,1-4H3;3*1H3;. The molecule has 0 bridgehead atoms. The number of unbranched alkanes of at least 4 members (excludes halogenated alkanes) is 1. The van der Waals surface area contributed by atoms with Crippen LogP contribution >= 0.6 is 22.7 Å². The summed E-state index contributed by atoms with van der Waals surface area (Å²) in [7, 11) is 0. The van der Waals surface area contributed by atoms with E-state index in [9.17, 15) is 0 Å². The molecule has 3 heterocycles. The van der Waals surface area contributed by atoms with E-state index >= 15 is 0 Å². The molecule has 0 aliphatic carbocycles. The van der Waals surface area contributed by atoms with Gasteiger partial charge in [-0.1, -0.05) is 0 Å². The zero-order valence-corrected chi connectivity index (χ0v) is 24.4. The van der Waals surface area contributed by atoms with Crippen LogP contribution in [0.4, 0.5) is 0 Å². The van der Waals surface area contributed by atoms with Gasteiger partial charge in [0.05, 0.1) is 0 Å². The topological polar surface area (TPSA) is 0 Å². The minimum atomic E-state index is -2.21. The minimum absolute atomic E-state index is 0.940. The van der Waals surface area contributed by atoms with Crippen LogP contribution in [-0.2, 0) is 0 Å². The first-order valence-electron chi connectivity index (χ1n) is 10.5. The Morgan fingerprint density at radius 2 is 1.65 bits per heavy atom. The molecule has 4 heteroatoms. The van der Waals surface area contributed by atoms with Crippen molar-refractivity contribution in [3.63, 3.8) is 0 Å². The molecular weight excluding hydrogens is 520 g/mol. The van der Waals surface area contributed by atoms with E-state index in [2.05, 4.69) is 77.3 Å². The fourth-order valence-corrected chi connectivity index (χ4v) is 27.4. The Balaban J connectivity index is 2.11. The summed E-state index contributed by atoms with van der Waals surface area (Å²) < 4.78 is 5.57. The Bertz CT molecular complexity index is 768. The van der Waals surface area contributed by atoms with Gasteiger partial charge in [0.1, 0.15) is 0 Å². The van der Waals surface area contributed by atoms with Crippen LogP contribution in [-0.4, -0.2) is 31.6 Å². The zero-order valence-electron chi connectivity index (χ0n) is 17.8. The second-order valence-electron chi connectivity index (χ2n) is 9.26. The fraction of sp³-hybridized carbons (Fsp3) is 0.636. The van der Waals surface area contributed by atoms with Crippen molar-refractivity contribution in [1.82, 2.24) is 0 Å². The van der Waals surface area contributed by atoms with Crippen LogP contribution in [0.2, 0.25) is 25.3 Å². The molecule has 1 aliphatic heterocycles. The SMILES string of the molecule is CCCCC(CC)[CH2][Ge]1([CH2]C)[c]2cc(C)sc2-c2s[c]([Sn]([CH3])([CH3])[CH3])c[c]21. The van der Waals surface area contributed by atoms with E-state index in [0.29, 0.717) is 0 Å². The van der Waals surface area contributed by atoms with Crippen molar-refractivity contribution in [3.8, 4) is 9.75 Å². The van der Waals surface area contributed by atoms with Gasteiger partial charge in [0.25, 0.3) is 0 Å². The molecule has 0 saturated carbocycles. The molecule has 0 saturated heterocycles. The van der Waals surface area contributed by atoms with Crippen molar-refractivity contribution in [2.24, 2.45) is 5.92 Å². The summed E-state index contributed by atoms with van der Waals surface area (Å²) in [5.74, 6) is 0.940. The molecule has 0 radical (unpaired) electrons. The van der Waals surface area contributed by atoms with Crippen molar-refractivity contribution in [2.45, 2.75) is 78.7 Å². The Labute approximate surface area is 176 Å². The average molecular weight is 556 g/mol. The average Bonchev–Trinajstić information content (AvgIpc) is 3.23. The second kappa shape index (κ2) is 8.24. The Hall–Kier alpha value is 0.742. The number of thiophene rings is 2. The van der Waals surface area contributed by atoms with Crippen molar-refractivity contribution in [1.29, 1.82) is 0 Å². The fourth-order valence-electron chi connectivity index (χ4n) is 4.65. The number of rotatable bonds is 8. The van der Waals surface area contributed by atoms with Crippen molar-refractivity contribution in [2.75, 3.05) is 0 Å². The monoisotopic (exact) mass is 558 g/mol. The van der Waals surface area contributed by atoms with E-state index in [0.717, 1.165) is 5.92 Å². The third kappa shape index (κ3) is 3.78. The van der Waals surface area contributed by atoms with Gasteiger partial charge < -0.3 is 0 Å². The molecule has 0 aromatic carbocycles. The van der Waals surface area contributed by atoms with E-state index in [-0.39, 0.29) is 0 Å². The van der Waals surface area contributed by atoms with Gasteiger partial charge in [-0.25, -0.2) is 0 Å². The summed E-state index contributed by atoms with van der Waals surface area (Å²) in [4.78, 5) is 12.7. The third-order valence-corrected chi connectivity index (χ3v) is 30.1. The van der Waals surface area contributed by atoms with Crippen molar-refractivity contribution < 1.29 is 0 Å². The second-order valence-corrected chi connectivity index (χ2v) is 36.1.